The minimum absolute atomic E-state index is 0.184. The van der Waals surface area contributed by atoms with E-state index in [1.165, 1.54) is 35.6 Å². The Morgan fingerprint density at radius 1 is 1.00 bits per heavy atom. The fourth-order valence-corrected chi connectivity index (χ4v) is 4.27. The van der Waals surface area contributed by atoms with Gasteiger partial charge in [0.15, 0.2) is 0 Å². The van der Waals surface area contributed by atoms with Gasteiger partial charge in [-0.15, -0.1) is 0 Å². The van der Waals surface area contributed by atoms with Crippen molar-refractivity contribution in [2.24, 2.45) is 0 Å². The molecule has 2 heteroatoms. The van der Waals surface area contributed by atoms with Crippen LogP contribution in [0.25, 0.3) is 6.08 Å². The lowest BCUT2D eigenvalue weighted by atomic mass is 9.62. The number of fused-ring (bicyclic) bond motifs is 1. The lowest BCUT2D eigenvalue weighted by Crippen LogP contribution is -2.34. The van der Waals surface area contributed by atoms with Gasteiger partial charge in [-0.1, -0.05) is 77.1 Å². The summed E-state index contributed by atoms with van der Waals surface area (Å²) in [5.74, 6) is -0.721. The molecule has 0 aliphatic heterocycles. The number of carboxylic acid groups (broad SMARTS) is 1. The average molecular weight is 363 g/mol. The van der Waals surface area contributed by atoms with Crippen LogP contribution >= 0.6 is 0 Å². The van der Waals surface area contributed by atoms with Gasteiger partial charge in [-0.2, -0.15) is 0 Å². The van der Waals surface area contributed by atoms with E-state index in [0.717, 1.165) is 11.1 Å². The van der Waals surface area contributed by atoms with Crippen molar-refractivity contribution in [3.8, 4) is 0 Å². The van der Waals surface area contributed by atoms with Crippen LogP contribution in [0.3, 0.4) is 0 Å². The monoisotopic (exact) mass is 362 g/mol. The highest BCUT2D eigenvalue weighted by Gasteiger charge is 2.37. The summed E-state index contributed by atoms with van der Waals surface area (Å²) in [6.45, 7) is 11.6. The first-order valence-corrected chi connectivity index (χ1v) is 9.77. The van der Waals surface area contributed by atoms with Crippen LogP contribution in [0.5, 0.6) is 0 Å². The van der Waals surface area contributed by atoms with Crippen LogP contribution in [0, 0.1) is 0 Å². The lowest BCUT2D eigenvalue weighted by molar-refractivity contribution is -0.131. The van der Waals surface area contributed by atoms with E-state index in [-0.39, 0.29) is 16.7 Å². The Balaban J connectivity index is 2.05. The van der Waals surface area contributed by atoms with Gasteiger partial charge in [0.2, 0.25) is 0 Å². The molecule has 2 aromatic carbocycles. The molecule has 0 aromatic heterocycles. The molecule has 0 saturated carbocycles. The molecule has 1 unspecified atom stereocenters. The van der Waals surface area contributed by atoms with Crippen LogP contribution < -0.4 is 0 Å². The van der Waals surface area contributed by atoms with Crippen LogP contribution in [0.2, 0.25) is 0 Å². The number of hydrogen-bond acceptors (Lipinski definition) is 1. The second-order valence-corrected chi connectivity index (χ2v) is 9.09. The third kappa shape index (κ3) is 3.85. The van der Waals surface area contributed by atoms with Gasteiger partial charge in [0.05, 0.1) is 0 Å². The summed E-state index contributed by atoms with van der Waals surface area (Å²) >= 11 is 0. The Hall–Kier alpha value is -2.35. The maximum atomic E-state index is 10.9. The van der Waals surface area contributed by atoms with E-state index in [1.807, 2.05) is 18.2 Å². The fraction of sp³-hybridized carbons (Fsp3) is 0.400. The summed E-state index contributed by atoms with van der Waals surface area (Å²) in [7, 11) is 0. The first-order chi connectivity index (χ1) is 12.6. The van der Waals surface area contributed by atoms with Gasteiger partial charge in [0, 0.05) is 12.0 Å². The Labute approximate surface area is 162 Å². The van der Waals surface area contributed by atoms with Crippen molar-refractivity contribution in [2.75, 3.05) is 0 Å². The number of rotatable bonds is 4. The fourth-order valence-electron chi connectivity index (χ4n) is 4.27. The van der Waals surface area contributed by atoms with Gasteiger partial charge in [0.25, 0.3) is 0 Å². The quantitative estimate of drug-likeness (QED) is 0.649. The van der Waals surface area contributed by atoms with Crippen molar-refractivity contribution in [2.45, 2.75) is 64.2 Å². The highest BCUT2D eigenvalue weighted by molar-refractivity contribution is 5.85. The molecule has 2 aromatic rings. The molecule has 0 spiro atoms. The van der Waals surface area contributed by atoms with Gasteiger partial charge in [-0.05, 0) is 57.6 Å². The van der Waals surface area contributed by atoms with E-state index in [0.29, 0.717) is 0 Å². The SMILES string of the molecule is CC(c1ccc2c(c1)C(C)(C)CCC2(C)C)c1ccccc1/C=C/C(=O)O. The standard InChI is InChI=1S/C25H30O2/c1-17(20-9-7-6-8-18(20)11-13-23(26)27)19-10-12-21-22(16-19)25(4,5)15-14-24(21,2)3/h6-13,16-17H,14-15H2,1-5H3,(H,26,27)/b13-11+. The summed E-state index contributed by atoms with van der Waals surface area (Å²) in [6.07, 6.45) is 5.32. The van der Waals surface area contributed by atoms with Crippen molar-refractivity contribution in [3.05, 3.63) is 76.4 Å². The Morgan fingerprint density at radius 2 is 1.63 bits per heavy atom. The van der Waals surface area contributed by atoms with Gasteiger partial charge in [-0.25, -0.2) is 4.79 Å². The van der Waals surface area contributed by atoms with Crippen molar-refractivity contribution in [3.63, 3.8) is 0 Å². The molecule has 1 aliphatic rings. The molecule has 0 saturated heterocycles. The van der Waals surface area contributed by atoms with Crippen molar-refractivity contribution < 1.29 is 9.90 Å². The second-order valence-electron chi connectivity index (χ2n) is 9.09. The molecule has 27 heavy (non-hydrogen) atoms. The van der Waals surface area contributed by atoms with E-state index < -0.39 is 5.97 Å². The van der Waals surface area contributed by atoms with Crippen LogP contribution in [-0.4, -0.2) is 11.1 Å². The van der Waals surface area contributed by atoms with E-state index in [1.54, 1.807) is 6.08 Å². The third-order valence-corrected chi connectivity index (χ3v) is 6.24. The molecule has 0 heterocycles. The van der Waals surface area contributed by atoms with Gasteiger partial charge < -0.3 is 5.11 Å². The minimum atomic E-state index is -0.921. The molecule has 0 bridgehead atoms. The number of benzene rings is 2. The van der Waals surface area contributed by atoms with Crippen LogP contribution in [0.4, 0.5) is 0 Å². The molecular weight excluding hydrogens is 332 g/mol. The van der Waals surface area contributed by atoms with Crippen molar-refractivity contribution in [1.29, 1.82) is 0 Å². The van der Waals surface area contributed by atoms with Crippen LogP contribution in [0.1, 0.15) is 81.2 Å². The van der Waals surface area contributed by atoms with E-state index >= 15 is 0 Å². The van der Waals surface area contributed by atoms with Gasteiger partial charge in [-0.3, -0.25) is 0 Å². The minimum Gasteiger partial charge on any atom is -0.478 e. The van der Waals surface area contributed by atoms with Crippen molar-refractivity contribution in [1.82, 2.24) is 0 Å². The first kappa shape index (κ1) is 19.4. The number of hydrogen-bond donors (Lipinski definition) is 1. The number of carbonyl (C=O) groups is 1. The zero-order valence-corrected chi connectivity index (χ0v) is 17.0. The third-order valence-electron chi connectivity index (χ3n) is 6.24. The summed E-state index contributed by atoms with van der Waals surface area (Å²) in [5.41, 5.74) is 6.73. The van der Waals surface area contributed by atoms with Gasteiger partial charge >= 0.3 is 5.97 Å². The average Bonchev–Trinajstić information content (AvgIpc) is 2.63. The zero-order valence-electron chi connectivity index (χ0n) is 17.0. The first-order valence-electron chi connectivity index (χ1n) is 9.77. The maximum absolute atomic E-state index is 10.9. The normalized spacial score (nSPS) is 18.9. The van der Waals surface area contributed by atoms with Crippen molar-refractivity contribution >= 4 is 12.0 Å². The molecule has 0 fully saturated rings. The molecule has 142 valence electrons. The molecule has 1 aliphatic carbocycles. The molecule has 1 N–H and O–H groups in total. The molecule has 3 rings (SSSR count). The van der Waals surface area contributed by atoms with E-state index in [9.17, 15) is 4.79 Å². The summed E-state index contributed by atoms with van der Waals surface area (Å²) in [6, 6.07) is 15.0. The number of carboxylic acids is 1. The topological polar surface area (TPSA) is 37.3 Å². The largest absolute Gasteiger partial charge is 0.478 e. The van der Waals surface area contributed by atoms with Crippen LogP contribution in [0.15, 0.2) is 48.5 Å². The zero-order chi connectivity index (χ0) is 19.8. The highest BCUT2D eigenvalue weighted by Crippen LogP contribution is 2.46. The van der Waals surface area contributed by atoms with E-state index in [4.69, 9.17) is 5.11 Å². The summed E-state index contributed by atoms with van der Waals surface area (Å²) in [5, 5.41) is 8.97. The maximum Gasteiger partial charge on any atom is 0.328 e. The summed E-state index contributed by atoms with van der Waals surface area (Å²) < 4.78 is 0. The number of aliphatic carboxylic acids is 1. The van der Waals surface area contributed by atoms with E-state index in [2.05, 4.69) is 58.9 Å². The molecule has 0 radical (unpaired) electrons. The smallest absolute Gasteiger partial charge is 0.328 e. The molecule has 0 amide bonds. The Kier molecular flexibility index (Phi) is 5.03. The Morgan fingerprint density at radius 3 is 2.30 bits per heavy atom. The van der Waals surface area contributed by atoms with Crippen LogP contribution in [-0.2, 0) is 15.6 Å². The highest BCUT2D eigenvalue weighted by atomic mass is 16.4. The molecule has 2 nitrogen and oxygen atoms in total. The molecular formula is C25H30O2. The predicted molar refractivity (Wildman–Crippen MR) is 112 cm³/mol. The predicted octanol–water partition coefficient (Wildman–Crippen LogP) is 6.29. The Bertz CT molecular complexity index is 887. The lowest BCUT2D eigenvalue weighted by Gasteiger charge is -2.42. The second kappa shape index (κ2) is 6.99. The molecule has 1 atom stereocenters. The summed E-state index contributed by atoms with van der Waals surface area (Å²) in [4.78, 5) is 10.9. The van der Waals surface area contributed by atoms with Gasteiger partial charge in [0.1, 0.15) is 0 Å².